The van der Waals surface area contributed by atoms with Crippen LogP contribution in [-0.4, -0.2) is 23.1 Å². The molecule has 0 aliphatic rings. The minimum atomic E-state index is -1.23. The molecular weight excluding hydrogens is 596 g/mol. The van der Waals surface area contributed by atoms with Gasteiger partial charge in [0.15, 0.2) is 23.1 Å². The monoisotopic (exact) mass is 616 g/mol. The van der Waals surface area contributed by atoms with E-state index >= 15 is 0 Å². The molecule has 37 heavy (non-hydrogen) atoms. The van der Waals surface area contributed by atoms with E-state index in [0.29, 0.717) is 31.2 Å². The topological polar surface area (TPSA) is 68.3 Å². The minimum absolute atomic E-state index is 0.252. The van der Waals surface area contributed by atoms with E-state index in [2.05, 4.69) is 31.9 Å². The molecule has 0 aliphatic heterocycles. The van der Waals surface area contributed by atoms with Crippen LogP contribution in [0.3, 0.4) is 0 Å². The van der Waals surface area contributed by atoms with Crippen molar-refractivity contribution in [3.8, 4) is 0 Å². The number of ketones is 4. The van der Waals surface area contributed by atoms with E-state index in [-0.39, 0.29) is 6.42 Å². The Hall–Kier alpha value is -3.48. The zero-order valence-electron chi connectivity index (χ0n) is 19.6. The molecule has 2 unspecified atom stereocenters. The molecule has 0 spiro atoms. The second kappa shape index (κ2) is 12.2. The molecule has 0 heterocycles. The summed E-state index contributed by atoms with van der Waals surface area (Å²) >= 11 is 6.75. The molecule has 4 aromatic carbocycles. The Morgan fingerprint density at radius 3 is 1.14 bits per heavy atom. The van der Waals surface area contributed by atoms with Crippen LogP contribution in [0.5, 0.6) is 0 Å². The Labute approximate surface area is 232 Å². The molecule has 0 aromatic heterocycles. The summed E-state index contributed by atoms with van der Waals surface area (Å²) in [4.78, 5) is 54.9. The summed E-state index contributed by atoms with van der Waals surface area (Å²) in [7, 11) is 0. The Balaban J connectivity index is 1.79. The van der Waals surface area contributed by atoms with Gasteiger partial charge in [0, 0.05) is 31.2 Å². The summed E-state index contributed by atoms with van der Waals surface area (Å²) in [6, 6.07) is 30.5. The molecule has 184 valence electrons. The third-order valence-electron chi connectivity index (χ3n) is 6.07. The molecule has 0 aliphatic carbocycles. The van der Waals surface area contributed by atoms with Crippen LogP contribution in [0.4, 0.5) is 0 Å². The minimum Gasteiger partial charge on any atom is -0.293 e. The largest absolute Gasteiger partial charge is 0.293 e. The van der Waals surface area contributed by atoms with Gasteiger partial charge >= 0.3 is 0 Å². The predicted octanol–water partition coefficient (Wildman–Crippen LogP) is 7.67. The van der Waals surface area contributed by atoms with Gasteiger partial charge in [0.2, 0.25) is 0 Å². The Morgan fingerprint density at radius 2 is 0.784 bits per heavy atom. The van der Waals surface area contributed by atoms with Crippen LogP contribution < -0.4 is 0 Å². The molecule has 2 atom stereocenters. The van der Waals surface area contributed by atoms with Gasteiger partial charge in [-0.2, -0.15) is 0 Å². The summed E-state index contributed by atoms with van der Waals surface area (Å²) in [5.41, 5.74) is 1.34. The number of rotatable bonds is 10. The molecule has 0 bridgehead atoms. The molecule has 4 aromatic rings. The van der Waals surface area contributed by atoms with Crippen molar-refractivity contribution in [3.05, 3.63) is 140 Å². The number of carbonyl (C=O) groups is 4. The molecule has 0 radical (unpaired) electrons. The maximum Gasteiger partial charge on any atom is 0.173 e. The highest BCUT2D eigenvalue weighted by Crippen LogP contribution is 2.29. The molecule has 0 amide bonds. The van der Waals surface area contributed by atoms with Crippen LogP contribution >= 0.6 is 31.9 Å². The fourth-order valence-corrected chi connectivity index (χ4v) is 4.99. The molecule has 0 saturated heterocycles. The first kappa shape index (κ1) is 26.6. The van der Waals surface area contributed by atoms with Gasteiger partial charge < -0.3 is 0 Å². The molecule has 4 rings (SSSR count). The lowest BCUT2D eigenvalue weighted by Gasteiger charge is -2.21. The summed E-state index contributed by atoms with van der Waals surface area (Å²) in [6.07, 6.45) is -0.252. The molecule has 4 nitrogen and oxygen atoms in total. The highest BCUT2D eigenvalue weighted by Gasteiger charge is 2.37. The van der Waals surface area contributed by atoms with Gasteiger partial charge in [0.1, 0.15) is 0 Å². The van der Waals surface area contributed by atoms with E-state index < -0.39 is 35.0 Å². The Bertz CT molecular complexity index is 1340. The average molecular weight is 618 g/mol. The molecule has 0 fully saturated rings. The van der Waals surface area contributed by atoms with Crippen molar-refractivity contribution in [2.24, 2.45) is 11.8 Å². The van der Waals surface area contributed by atoms with E-state index in [1.807, 2.05) is 0 Å². The van der Waals surface area contributed by atoms with E-state index in [1.54, 1.807) is 109 Å². The quantitative estimate of drug-likeness (QED) is 0.135. The number of benzene rings is 4. The SMILES string of the molecule is O=C(c1ccccc1)C(CC(C(=O)c1ccccc1)C(=O)c1cccc(Br)c1)C(=O)c1cccc(Br)c1. The number of carbonyl (C=O) groups excluding carboxylic acids is 4. The van der Waals surface area contributed by atoms with Gasteiger partial charge in [-0.15, -0.1) is 0 Å². The maximum absolute atomic E-state index is 13.7. The normalized spacial score (nSPS) is 12.4. The average Bonchev–Trinajstić information content (AvgIpc) is 2.93. The van der Waals surface area contributed by atoms with Crippen molar-refractivity contribution in [1.82, 2.24) is 0 Å². The first-order valence-corrected chi connectivity index (χ1v) is 13.2. The number of hydrogen-bond donors (Lipinski definition) is 0. The van der Waals surface area contributed by atoms with E-state index in [0.717, 1.165) is 0 Å². The van der Waals surface area contributed by atoms with Crippen LogP contribution in [-0.2, 0) is 0 Å². The van der Waals surface area contributed by atoms with E-state index in [9.17, 15) is 19.2 Å². The molecular formula is C31H22Br2O4. The van der Waals surface area contributed by atoms with Gasteiger partial charge in [0.05, 0.1) is 11.8 Å². The summed E-state index contributed by atoms with van der Waals surface area (Å²) in [5, 5.41) is 0. The summed E-state index contributed by atoms with van der Waals surface area (Å²) in [5.74, 6) is -4.21. The van der Waals surface area contributed by atoms with Crippen molar-refractivity contribution in [2.45, 2.75) is 6.42 Å². The van der Waals surface area contributed by atoms with Crippen LogP contribution in [0.25, 0.3) is 0 Å². The lowest BCUT2D eigenvalue weighted by Crippen LogP contribution is -2.33. The van der Waals surface area contributed by atoms with Crippen molar-refractivity contribution in [2.75, 3.05) is 0 Å². The first-order valence-electron chi connectivity index (χ1n) is 11.6. The summed E-state index contributed by atoms with van der Waals surface area (Å²) in [6.45, 7) is 0. The van der Waals surface area contributed by atoms with Crippen molar-refractivity contribution < 1.29 is 19.2 Å². The predicted molar refractivity (Wildman–Crippen MR) is 150 cm³/mol. The van der Waals surface area contributed by atoms with Crippen LogP contribution in [0.2, 0.25) is 0 Å². The fourth-order valence-electron chi connectivity index (χ4n) is 4.20. The lowest BCUT2D eigenvalue weighted by molar-refractivity contribution is 0.0728. The first-order chi connectivity index (χ1) is 17.8. The highest BCUT2D eigenvalue weighted by atomic mass is 79.9. The van der Waals surface area contributed by atoms with Gasteiger partial charge in [-0.05, 0) is 30.7 Å². The Kier molecular flexibility index (Phi) is 8.74. The van der Waals surface area contributed by atoms with Crippen LogP contribution in [0, 0.1) is 11.8 Å². The second-order valence-electron chi connectivity index (χ2n) is 8.55. The van der Waals surface area contributed by atoms with Gasteiger partial charge in [-0.25, -0.2) is 0 Å². The van der Waals surface area contributed by atoms with E-state index in [4.69, 9.17) is 0 Å². The third kappa shape index (κ3) is 6.45. The van der Waals surface area contributed by atoms with Crippen LogP contribution in [0.1, 0.15) is 47.9 Å². The van der Waals surface area contributed by atoms with Crippen molar-refractivity contribution in [3.63, 3.8) is 0 Å². The maximum atomic E-state index is 13.7. The molecule has 6 heteroatoms. The second-order valence-corrected chi connectivity index (χ2v) is 10.4. The standard InChI is InChI=1S/C31H22Br2O4/c32-24-15-7-13-22(17-24)30(36)26(28(34)20-9-3-1-4-10-20)19-27(29(35)21-11-5-2-6-12-21)31(37)23-14-8-16-25(33)18-23/h1-18,26-27H,19H2. The molecule has 0 saturated carbocycles. The molecule has 0 N–H and O–H groups in total. The van der Waals surface area contributed by atoms with Gasteiger partial charge in [-0.1, -0.05) is 117 Å². The number of halogens is 2. The van der Waals surface area contributed by atoms with Gasteiger partial charge in [0.25, 0.3) is 0 Å². The fraction of sp³-hybridized carbons (Fsp3) is 0.0968. The van der Waals surface area contributed by atoms with E-state index in [1.165, 1.54) is 0 Å². The highest BCUT2D eigenvalue weighted by molar-refractivity contribution is 9.10. The zero-order chi connectivity index (χ0) is 26.4. The Morgan fingerprint density at radius 1 is 0.459 bits per heavy atom. The van der Waals surface area contributed by atoms with Crippen molar-refractivity contribution in [1.29, 1.82) is 0 Å². The number of hydrogen-bond acceptors (Lipinski definition) is 4. The smallest absolute Gasteiger partial charge is 0.173 e. The van der Waals surface area contributed by atoms with Gasteiger partial charge in [-0.3, -0.25) is 19.2 Å². The third-order valence-corrected chi connectivity index (χ3v) is 7.06. The van der Waals surface area contributed by atoms with Crippen molar-refractivity contribution >= 4 is 55.0 Å². The lowest BCUT2D eigenvalue weighted by atomic mass is 9.78. The zero-order valence-corrected chi connectivity index (χ0v) is 22.8. The summed E-state index contributed by atoms with van der Waals surface area (Å²) < 4.78 is 1.37. The number of Topliss-reactive ketones (excluding diaryl/α,β-unsaturated/α-hetero) is 4. The van der Waals surface area contributed by atoms with Crippen LogP contribution in [0.15, 0.2) is 118 Å².